The number of halogens is 1. The molecule has 1 aliphatic heterocycles. The van der Waals surface area contributed by atoms with Crippen molar-refractivity contribution in [2.24, 2.45) is 7.05 Å². The number of hydrogen-bond donors (Lipinski definition) is 1. The number of aryl methyl sites for hydroxylation is 1. The van der Waals surface area contributed by atoms with Crippen molar-refractivity contribution >= 4 is 17.5 Å². The number of carbonyl (C=O) groups excluding carboxylic acids is 1. The first kappa shape index (κ1) is 19.4. The molecule has 150 valence electrons. The lowest BCUT2D eigenvalue weighted by atomic mass is 10.1. The summed E-state index contributed by atoms with van der Waals surface area (Å²) < 4.78 is 2.75. The Bertz CT molecular complexity index is 1110. The average Bonchev–Trinajstić information content (AvgIpc) is 3.37. The first-order valence-electron chi connectivity index (χ1n) is 9.29. The number of benzene rings is 1. The highest BCUT2D eigenvalue weighted by Crippen LogP contribution is 2.23. The number of nitrogens with zero attached hydrogens (tertiary/aromatic N) is 5. The van der Waals surface area contributed by atoms with E-state index < -0.39 is 11.5 Å². The summed E-state index contributed by atoms with van der Waals surface area (Å²) in [5.74, 6) is -0.401. The van der Waals surface area contributed by atoms with Gasteiger partial charge in [0.05, 0.1) is 30.7 Å². The highest BCUT2D eigenvalue weighted by atomic mass is 35.5. The molecule has 0 bridgehead atoms. The van der Waals surface area contributed by atoms with E-state index in [0.717, 1.165) is 12.0 Å². The topological polar surface area (TPSA) is 93.3 Å². The lowest BCUT2D eigenvalue weighted by Crippen LogP contribution is -2.41. The molecule has 0 spiro atoms. The van der Waals surface area contributed by atoms with Crippen molar-refractivity contribution < 1.29 is 9.90 Å². The third kappa shape index (κ3) is 3.68. The van der Waals surface area contributed by atoms with Crippen molar-refractivity contribution in [1.29, 1.82) is 0 Å². The summed E-state index contributed by atoms with van der Waals surface area (Å²) in [5, 5.41) is 18.7. The second-order valence-corrected chi connectivity index (χ2v) is 7.45. The summed E-state index contributed by atoms with van der Waals surface area (Å²) in [6, 6.07) is 8.24. The molecule has 3 heterocycles. The van der Waals surface area contributed by atoms with E-state index in [2.05, 4.69) is 10.2 Å². The van der Waals surface area contributed by atoms with Crippen LogP contribution in [-0.2, 0) is 7.05 Å². The molecule has 0 radical (unpaired) electrons. The normalized spacial score (nSPS) is 16.4. The maximum absolute atomic E-state index is 13.2. The molecular formula is C20H20ClN5O3. The van der Waals surface area contributed by atoms with Gasteiger partial charge in [-0.1, -0.05) is 23.7 Å². The van der Waals surface area contributed by atoms with E-state index in [4.69, 9.17) is 11.6 Å². The molecule has 3 aromatic rings. The standard InChI is InChI=1S/C20H20ClN5O3/c1-24-11-16(10-22-24)26-20(29)17(19(28)25-8-2-3-15(25)12-27)9-18(23-26)13-4-6-14(21)7-5-13/h4-7,9-11,15,27H,2-3,8,12H2,1H3/t15-/m0/s1. The Morgan fingerprint density at radius 1 is 1.31 bits per heavy atom. The van der Waals surface area contributed by atoms with Crippen LogP contribution in [0.5, 0.6) is 0 Å². The predicted molar refractivity (Wildman–Crippen MR) is 108 cm³/mol. The van der Waals surface area contributed by atoms with Crippen LogP contribution in [0.4, 0.5) is 0 Å². The Balaban J connectivity index is 1.87. The van der Waals surface area contributed by atoms with Crippen LogP contribution >= 0.6 is 11.6 Å². The molecule has 2 aromatic heterocycles. The Morgan fingerprint density at radius 3 is 2.72 bits per heavy atom. The summed E-state index contributed by atoms with van der Waals surface area (Å²) in [6.45, 7) is 0.382. The average molecular weight is 414 g/mol. The van der Waals surface area contributed by atoms with Gasteiger partial charge in [0.2, 0.25) is 0 Å². The van der Waals surface area contributed by atoms with Crippen LogP contribution in [0.3, 0.4) is 0 Å². The van der Waals surface area contributed by atoms with Crippen LogP contribution in [-0.4, -0.2) is 54.7 Å². The van der Waals surface area contributed by atoms with Crippen LogP contribution in [0, 0.1) is 0 Å². The second-order valence-electron chi connectivity index (χ2n) is 7.02. The van der Waals surface area contributed by atoms with E-state index >= 15 is 0 Å². The van der Waals surface area contributed by atoms with Crippen molar-refractivity contribution in [2.75, 3.05) is 13.2 Å². The molecule has 1 saturated heterocycles. The van der Waals surface area contributed by atoms with E-state index in [9.17, 15) is 14.7 Å². The Morgan fingerprint density at radius 2 is 2.07 bits per heavy atom. The molecular weight excluding hydrogens is 394 g/mol. The first-order valence-corrected chi connectivity index (χ1v) is 9.67. The zero-order valence-electron chi connectivity index (χ0n) is 15.8. The number of hydrogen-bond acceptors (Lipinski definition) is 5. The van der Waals surface area contributed by atoms with E-state index in [1.165, 1.54) is 16.9 Å². The molecule has 1 amide bonds. The first-order chi connectivity index (χ1) is 14.0. The minimum atomic E-state index is -0.524. The lowest BCUT2D eigenvalue weighted by molar-refractivity contribution is 0.0675. The Hall–Kier alpha value is -2.97. The van der Waals surface area contributed by atoms with Crippen LogP contribution in [0.15, 0.2) is 47.5 Å². The second kappa shape index (κ2) is 7.81. The van der Waals surface area contributed by atoms with E-state index in [0.29, 0.717) is 29.4 Å². The predicted octanol–water partition coefficient (Wildman–Crippen LogP) is 1.88. The van der Waals surface area contributed by atoms with Gasteiger partial charge in [-0.3, -0.25) is 14.3 Å². The number of likely N-dealkylation sites (tertiary alicyclic amines) is 1. The molecule has 9 heteroatoms. The fourth-order valence-electron chi connectivity index (χ4n) is 3.55. The molecule has 1 fully saturated rings. The van der Waals surface area contributed by atoms with Crippen molar-refractivity contribution in [3.05, 3.63) is 63.7 Å². The number of aliphatic hydroxyl groups excluding tert-OH is 1. The van der Waals surface area contributed by atoms with Crippen molar-refractivity contribution in [1.82, 2.24) is 24.5 Å². The van der Waals surface area contributed by atoms with Crippen LogP contribution in [0.1, 0.15) is 23.2 Å². The lowest BCUT2D eigenvalue weighted by Gasteiger charge is -2.23. The molecule has 29 heavy (non-hydrogen) atoms. The molecule has 8 nitrogen and oxygen atoms in total. The van der Waals surface area contributed by atoms with Gasteiger partial charge < -0.3 is 10.0 Å². The molecule has 0 aliphatic carbocycles. The Labute approximate surface area is 171 Å². The number of carbonyl (C=O) groups is 1. The third-order valence-electron chi connectivity index (χ3n) is 5.07. The third-order valence-corrected chi connectivity index (χ3v) is 5.32. The number of amides is 1. The molecule has 0 unspecified atom stereocenters. The van der Waals surface area contributed by atoms with Gasteiger partial charge in [0.1, 0.15) is 11.3 Å². The largest absolute Gasteiger partial charge is 0.394 e. The monoisotopic (exact) mass is 413 g/mol. The Kier molecular flexibility index (Phi) is 5.21. The maximum atomic E-state index is 13.2. The van der Waals surface area contributed by atoms with E-state index in [1.807, 2.05) is 0 Å². The molecule has 1 atom stereocenters. The van der Waals surface area contributed by atoms with Crippen molar-refractivity contribution in [3.63, 3.8) is 0 Å². The van der Waals surface area contributed by atoms with Gasteiger partial charge in [-0.2, -0.15) is 14.9 Å². The van der Waals surface area contributed by atoms with Gasteiger partial charge in [0.15, 0.2) is 0 Å². The number of aliphatic hydroxyl groups is 1. The van der Waals surface area contributed by atoms with Gasteiger partial charge >= 0.3 is 0 Å². The van der Waals surface area contributed by atoms with E-state index in [-0.39, 0.29) is 18.2 Å². The zero-order chi connectivity index (χ0) is 20.5. The highest BCUT2D eigenvalue weighted by Gasteiger charge is 2.31. The summed E-state index contributed by atoms with van der Waals surface area (Å²) in [7, 11) is 1.74. The van der Waals surface area contributed by atoms with Gasteiger partial charge in [-0.15, -0.1) is 0 Å². The molecule has 1 aliphatic rings. The zero-order valence-corrected chi connectivity index (χ0v) is 16.6. The molecule has 1 N–H and O–H groups in total. The number of rotatable bonds is 4. The van der Waals surface area contributed by atoms with Crippen LogP contribution in [0.25, 0.3) is 16.9 Å². The molecule has 4 rings (SSSR count). The van der Waals surface area contributed by atoms with Crippen LogP contribution < -0.4 is 5.56 Å². The summed E-state index contributed by atoms with van der Waals surface area (Å²) >= 11 is 5.98. The fraction of sp³-hybridized carbons (Fsp3) is 0.300. The minimum Gasteiger partial charge on any atom is -0.394 e. The summed E-state index contributed by atoms with van der Waals surface area (Å²) in [4.78, 5) is 27.9. The van der Waals surface area contributed by atoms with Gasteiger partial charge in [0.25, 0.3) is 11.5 Å². The summed E-state index contributed by atoms with van der Waals surface area (Å²) in [5.41, 5.74) is 1.13. The fourth-order valence-corrected chi connectivity index (χ4v) is 3.68. The van der Waals surface area contributed by atoms with Crippen molar-refractivity contribution in [3.8, 4) is 16.9 Å². The van der Waals surface area contributed by atoms with Crippen LogP contribution in [0.2, 0.25) is 5.02 Å². The van der Waals surface area contributed by atoms with Crippen molar-refractivity contribution in [2.45, 2.75) is 18.9 Å². The maximum Gasteiger partial charge on any atom is 0.284 e. The van der Waals surface area contributed by atoms with E-state index in [1.54, 1.807) is 47.1 Å². The highest BCUT2D eigenvalue weighted by molar-refractivity contribution is 6.30. The summed E-state index contributed by atoms with van der Waals surface area (Å²) in [6.07, 6.45) is 4.68. The minimum absolute atomic E-state index is 0.00848. The van der Waals surface area contributed by atoms with Gasteiger partial charge in [0, 0.05) is 24.2 Å². The quantitative estimate of drug-likeness (QED) is 0.705. The smallest absolute Gasteiger partial charge is 0.284 e. The van der Waals surface area contributed by atoms with Gasteiger partial charge in [-0.25, -0.2) is 0 Å². The van der Waals surface area contributed by atoms with Gasteiger partial charge in [-0.05, 0) is 31.0 Å². The number of aromatic nitrogens is 4. The SMILES string of the molecule is Cn1cc(-n2nc(-c3ccc(Cl)cc3)cc(C(=O)N3CCC[C@H]3CO)c2=O)cn1. The molecule has 0 saturated carbocycles. The molecule has 1 aromatic carbocycles.